The third-order valence-corrected chi connectivity index (χ3v) is 7.37. The first kappa shape index (κ1) is 26.2. The first-order chi connectivity index (χ1) is 17.6. The van der Waals surface area contributed by atoms with Crippen molar-refractivity contribution in [2.45, 2.75) is 20.8 Å². The summed E-state index contributed by atoms with van der Waals surface area (Å²) in [7, 11) is 5.85. The molecule has 0 bridgehead atoms. The second-order valence-corrected chi connectivity index (χ2v) is 9.13. The van der Waals surface area contributed by atoms with Gasteiger partial charge in [0.15, 0.2) is 17.3 Å². The van der Waals surface area contributed by atoms with Gasteiger partial charge in [-0.05, 0) is 59.6 Å². The number of ether oxygens (including phenoxy) is 5. The van der Waals surface area contributed by atoms with Crippen LogP contribution < -0.4 is 23.7 Å². The van der Waals surface area contributed by atoms with E-state index < -0.39 is 11.8 Å². The van der Waals surface area contributed by atoms with Crippen LogP contribution in [0.25, 0.3) is 16.3 Å². The van der Waals surface area contributed by atoms with Crippen LogP contribution in [0.1, 0.15) is 45.7 Å². The summed E-state index contributed by atoms with van der Waals surface area (Å²) in [5.41, 5.74) is 1.67. The van der Waals surface area contributed by atoms with Crippen molar-refractivity contribution in [3.63, 3.8) is 0 Å². The maximum Gasteiger partial charge on any atom is 0.308 e. The van der Waals surface area contributed by atoms with E-state index in [2.05, 4.69) is 15.9 Å². The molecule has 4 rings (SSSR count). The predicted octanol–water partition coefficient (Wildman–Crippen LogP) is 5.72. The summed E-state index contributed by atoms with van der Waals surface area (Å²) in [5.74, 6) is 0.219. The summed E-state index contributed by atoms with van der Waals surface area (Å²) in [4.78, 5) is 40.0. The van der Waals surface area contributed by atoms with Gasteiger partial charge in [0.2, 0.25) is 0 Å². The summed E-state index contributed by atoms with van der Waals surface area (Å²) >= 11 is 3.56. The molecule has 0 saturated carbocycles. The molecule has 8 nitrogen and oxygen atoms in total. The molecule has 0 amide bonds. The van der Waals surface area contributed by atoms with Gasteiger partial charge in [-0.25, -0.2) is 0 Å². The number of benzene rings is 3. The molecule has 37 heavy (non-hydrogen) atoms. The SMILES string of the molecule is COc1ccc(OC)c2c1C(=O)C(C)=C(c1c(C)c(Br)c(OC(C)=O)c3c(OC)ccc(OC)c13)C2=O. The molecule has 0 N–H and O–H groups in total. The monoisotopic (exact) mass is 568 g/mol. The highest BCUT2D eigenvalue weighted by Crippen LogP contribution is 2.51. The molecule has 0 aliphatic heterocycles. The van der Waals surface area contributed by atoms with E-state index in [1.165, 1.54) is 35.4 Å². The van der Waals surface area contributed by atoms with E-state index in [0.29, 0.717) is 37.9 Å². The molecule has 0 fully saturated rings. The zero-order chi connectivity index (χ0) is 27.2. The van der Waals surface area contributed by atoms with E-state index in [0.717, 1.165) is 0 Å². The third kappa shape index (κ3) is 3.94. The molecular formula is C28H25BrO8. The van der Waals surface area contributed by atoms with E-state index >= 15 is 0 Å². The molecule has 0 aromatic heterocycles. The van der Waals surface area contributed by atoms with Gasteiger partial charge in [-0.3, -0.25) is 14.4 Å². The molecule has 1 aliphatic carbocycles. The van der Waals surface area contributed by atoms with Crippen molar-refractivity contribution in [3.8, 4) is 28.7 Å². The third-order valence-electron chi connectivity index (χ3n) is 6.41. The van der Waals surface area contributed by atoms with Gasteiger partial charge < -0.3 is 23.7 Å². The lowest BCUT2D eigenvalue weighted by Gasteiger charge is -2.26. The van der Waals surface area contributed by atoms with E-state index in [-0.39, 0.29) is 45.3 Å². The van der Waals surface area contributed by atoms with Gasteiger partial charge in [0.1, 0.15) is 23.0 Å². The van der Waals surface area contributed by atoms with Crippen molar-refractivity contribution in [2.24, 2.45) is 0 Å². The average Bonchev–Trinajstić information content (AvgIpc) is 2.89. The summed E-state index contributed by atoms with van der Waals surface area (Å²) in [6.07, 6.45) is 0. The van der Waals surface area contributed by atoms with Crippen LogP contribution in [-0.4, -0.2) is 46.0 Å². The number of Topliss-reactive ketones (excluding diaryl/α,β-unsaturated/α-hetero) is 2. The maximum atomic E-state index is 14.2. The van der Waals surface area contributed by atoms with Gasteiger partial charge in [0, 0.05) is 29.0 Å². The number of carbonyl (C=O) groups is 3. The smallest absolute Gasteiger partial charge is 0.308 e. The minimum atomic E-state index is -0.538. The van der Waals surface area contributed by atoms with Crippen molar-refractivity contribution < 1.29 is 38.1 Å². The Bertz CT molecular complexity index is 1530. The van der Waals surface area contributed by atoms with Crippen LogP contribution in [0.2, 0.25) is 0 Å². The van der Waals surface area contributed by atoms with Crippen LogP contribution in [0.5, 0.6) is 28.7 Å². The number of allylic oxidation sites excluding steroid dienone is 2. The van der Waals surface area contributed by atoms with Crippen molar-refractivity contribution in [3.05, 3.63) is 56.6 Å². The first-order valence-electron chi connectivity index (χ1n) is 11.2. The predicted molar refractivity (Wildman–Crippen MR) is 142 cm³/mol. The van der Waals surface area contributed by atoms with Crippen LogP contribution in [0, 0.1) is 6.92 Å². The Morgan fingerprint density at radius 1 is 0.703 bits per heavy atom. The van der Waals surface area contributed by atoms with E-state index in [9.17, 15) is 14.4 Å². The molecule has 3 aromatic rings. The van der Waals surface area contributed by atoms with Crippen LogP contribution in [0.3, 0.4) is 0 Å². The van der Waals surface area contributed by atoms with Gasteiger partial charge in [0.05, 0.1) is 49.4 Å². The summed E-state index contributed by atoms with van der Waals surface area (Å²) in [5, 5.41) is 0.869. The highest BCUT2D eigenvalue weighted by atomic mass is 79.9. The quantitative estimate of drug-likeness (QED) is 0.275. The first-order valence-corrected chi connectivity index (χ1v) is 12.0. The number of halogens is 1. The second kappa shape index (κ2) is 9.89. The lowest BCUT2D eigenvalue weighted by atomic mass is 9.78. The lowest BCUT2D eigenvalue weighted by Crippen LogP contribution is -2.23. The maximum absolute atomic E-state index is 14.2. The van der Waals surface area contributed by atoms with Crippen molar-refractivity contribution in [1.82, 2.24) is 0 Å². The Kier molecular flexibility index (Phi) is 7.01. The minimum absolute atomic E-state index is 0.113. The molecule has 0 radical (unpaired) electrons. The fourth-order valence-electron chi connectivity index (χ4n) is 4.76. The number of methoxy groups -OCH3 is 4. The van der Waals surface area contributed by atoms with Gasteiger partial charge in [-0.2, -0.15) is 0 Å². The Labute approximate surface area is 222 Å². The van der Waals surface area contributed by atoms with Crippen LogP contribution in [-0.2, 0) is 4.79 Å². The number of ketones is 2. The van der Waals surface area contributed by atoms with Crippen LogP contribution in [0.4, 0.5) is 0 Å². The van der Waals surface area contributed by atoms with E-state index in [4.69, 9.17) is 23.7 Å². The van der Waals surface area contributed by atoms with Gasteiger partial charge in [0.25, 0.3) is 0 Å². The van der Waals surface area contributed by atoms with Crippen molar-refractivity contribution >= 4 is 49.8 Å². The Morgan fingerprint density at radius 2 is 1.16 bits per heavy atom. The number of rotatable bonds is 6. The lowest BCUT2D eigenvalue weighted by molar-refractivity contribution is -0.131. The van der Waals surface area contributed by atoms with Crippen LogP contribution >= 0.6 is 15.9 Å². The highest BCUT2D eigenvalue weighted by Gasteiger charge is 2.38. The number of esters is 1. The van der Waals surface area contributed by atoms with Gasteiger partial charge in [-0.1, -0.05) is 0 Å². The number of fused-ring (bicyclic) bond motifs is 2. The van der Waals surface area contributed by atoms with Crippen molar-refractivity contribution in [2.75, 3.05) is 28.4 Å². The Balaban J connectivity index is 2.22. The second-order valence-electron chi connectivity index (χ2n) is 8.34. The van der Waals surface area contributed by atoms with E-state index in [1.54, 1.807) is 38.1 Å². The fourth-order valence-corrected chi connectivity index (χ4v) is 5.24. The molecule has 0 heterocycles. The molecular weight excluding hydrogens is 544 g/mol. The summed E-state index contributed by atoms with van der Waals surface area (Å²) < 4.78 is 28.2. The highest BCUT2D eigenvalue weighted by molar-refractivity contribution is 9.10. The molecule has 3 aromatic carbocycles. The van der Waals surface area contributed by atoms with Gasteiger partial charge in [-0.15, -0.1) is 0 Å². The molecule has 1 aliphatic rings. The number of hydrogen-bond acceptors (Lipinski definition) is 8. The number of carbonyl (C=O) groups excluding carboxylic acids is 3. The topological polar surface area (TPSA) is 97.4 Å². The van der Waals surface area contributed by atoms with Gasteiger partial charge >= 0.3 is 5.97 Å². The fraction of sp³-hybridized carbons (Fsp3) is 0.250. The minimum Gasteiger partial charge on any atom is -0.496 e. The normalized spacial score (nSPS) is 13.0. The van der Waals surface area contributed by atoms with Crippen LogP contribution in [0.15, 0.2) is 34.3 Å². The Morgan fingerprint density at radius 3 is 1.65 bits per heavy atom. The summed E-state index contributed by atoms with van der Waals surface area (Å²) in [6.45, 7) is 4.66. The average molecular weight is 569 g/mol. The molecule has 9 heteroatoms. The van der Waals surface area contributed by atoms with E-state index in [1.807, 2.05) is 0 Å². The molecule has 0 spiro atoms. The standard InChI is InChI=1S/C28H25BrO8/c1-12-19(20-13(2)26(31)22-16(34-5)9-10-17(35-6)23(22)27(20)32)21-15(33-4)8-11-18(36-7)24(21)28(25(12)29)37-14(3)30/h8-11H,1-7H3. The largest absolute Gasteiger partial charge is 0.496 e. The zero-order valence-corrected chi connectivity index (χ0v) is 23.0. The molecule has 0 unspecified atom stereocenters. The number of hydrogen-bond donors (Lipinski definition) is 0. The molecule has 0 atom stereocenters. The summed E-state index contributed by atoms with van der Waals surface area (Å²) in [6, 6.07) is 6.56. The Hall–Kier alpha value is -3.85. The zero-order valence-electron chi connectivity index (χ0n) is 21.5. The molecule has 0 saturated heterocycles. The molecule has 192 valence electrons. The van der Waals surface area contributed by atoms with Crippen molar-refractivity contribution in [1.29, 1.82) is 0 Å².